The fourth-order valence-electron chi connectivity index (χ4n) is 1.58. The molecule has 8 heteroatoms. The van der Waals surface area contributed by atoms with Crippen LogP contribution in [0.25, 0.3) is 11.4 Å². The summed E-state index contributed by atoms with van der Waals surface area (Å²) in [5.41, 5.74) is 0.566. The monoisotopic (exact) mass is 267 g/mol. The molecule has 0 saturated carbocycles. The summed E-state index contributed by atoms with van der Waals surface area (Å²) >= 11 is 5.78. The smallest absolute Gasteiger partial charge is 0.258 e. The molecule has 0 bridgehead atoms. The van der Waals surface area contributed by atoms with Crippen molar-refractivity contribution in [2.75, 3.05) is 0 Å². The van der Waals surface area contributed by atoms with Gasteiger partial charge in [0.25, 0.3) is 5.69 Å². The van der Waals surface area contributed by atoms with E-state index in [0.717, 1.165) is 6.42 Å². The van der Waals surface area contributed by atoms with E-state index >= 15 is 0 Å². The zero-order valence-electron chi connectivity index (χ0n) is 9.58. The molecule has 0 aromatic carbocycles. The van der Waals surface area contributed by atoms with Crippen molar-refractivity contribution in [3.63, 3.8) is 0 Å². The molecule has 7 nitrogen and oxygen atoms in total. The maximum atomic E-state index is 11.0. The minimum atomic E-state index is -0.498. The minimum Gasteiger partial charge on any atom is -0.258 e. The molecule has 0 amide bonds. The Morgan fingerprint density at radius 2 is 2.28 bits per heavy atom. The van der Waals surface area contributed by atoms with E-state index in [1.54, 1.807) is 4.68 Å². The van der Waals surface area contributed by atoms with Crippen LogP contribution >= 0.6 is 11.6 Å². The Labute approximate surface area is 108 Å². The van der Waals surface area contributed by atoms with Gasteiger partial charge in [-0.1, -0.05) is 23.7 Å². The average molecular weight is 268 g/mol. The summed E-state index contributed by atoms with van der Waals surface area (Å²) < 4.78 is 1.58. The SMILES string of the molecule is CCCn1nncc1-c1nc(Cl)ccc1[N+](=O)[O-]. The summed E-state index contributed by atoms with van der Waals surface area (Å²) in [6.45, 7) is 2.59. The van der Waals surface area contributed by atoms with Crippen molar-refractivity contribution < 1.29 is 4.92 Å². The molecule has 0 aliphatic carbocycles. The number of hydrogen-bond donors (Lipinski definition) is 0. The van der Waals surface area contributed by atoms with E-state index in [1.807, 2.05) is 6.92 Å². The molecule has 0 aliphatic heterocycles. The number of aryl methyl sites for hydroxylation is 1. The van der Waals surface area contributed by atoms with Gasteiger partial charge in [0.15, 0.2) is 5.69 Å². The zero-order chi connectivity index (χ0) is 13.1. The number of nitro groups is 1. The van der Waals surface area contributed by atoms with Crippen LogP contribution in [0, 0.1) is 10.1 Å². The summed E-state index contributed by atoms with van der Waals surface area (Å²) in [4.78, 5) is 14.5. The Morgan fingerprint density at radius 3 is 2.94 bits per heavy atom. The first-order valence-electron chi connectivity index (χ1n) is 5.33. The maximum absolute atomic E-state index is 11.0. The van der Waals surface area contributed by atoms with E-state index in [0.29, 0.717) is 12.2 Å². The third kappa shape index (κ3) is 2.30. The molecule has 0 N–H and O–H groups in total. The van der Waals surface area contributed by atoms with Gasteiger partial charge in [-0.3, -0.25) is 10.1 Å². The van der Waals surface area contributed by atoms with Crippen LogP contribution in [0.2, 0.25) is 5.15 Å². The van der Waals surface area contributed by atoms with Crippen molar-refractivity contribution in [1.82, 2.24) is 20.0 Å². The van der Waals surface area contributed by atoms with Crippen molar-refractivity contribution in [3.05, 3.63) is 33.6 Å². The summed E-state index contributed by atoms with van der Waals surface area (Å²) in [6.07, 6.45) is 2.28. The number of hydrogen-bond acceptors (Lipinski definition) is 5. The van der Waals surface area contributed by atoms with Gasteiger partial charge in [0.1, 0.15) is 10.8 Å². The third-order valence-electron chi connectivity index (χ3n) is 2.33. The highest BCUT2D eigenvalue weighted by atomic mass is 35.5. The predicted molar refractivity (Wildman–Crippen MR) is 65.2 cm³/mol. The molecular formula is C10H10ClN5O2. The molecule has 0 radical (unpaired) electrons. The van der Waals surface area contributed by atoms with Gasteiger partial charge in [0.2, 0.25) is 0 Å². The Hall–Kier alpha value is -2.02. The Kier molecular flexibility index (Phi) is 3.52. The summed E-state index contributed by atoms with van der Waals surface area (Å²) in [7, 11) is 0. The highest BCUT2D eigenvalue weighted by Crippen LogP contribution is 2.28. The molecule has 0 atom stereocenters. The molecule has 0 saturated heterocycles. The minimum absolute atomic E-state index is 0.112. The molecule has 2 rings (SSSR count). The molecule has 2 aromatic rings. The lowest BCUT2D eigenvalue weighted by Gasteiger charge is -2.04. The first-order chi connectivity index (χ1) is 8.63. The van der Waals surface area contributed by atoms with Crippen LogP contribution in [-0.2, 0) is 6.54 Å². The Morgan fingerprint density at radius 1 is 1.50 bits per heavy atom. The van der Waals surface area contributed by atoms with Crippen molar-refractivity contribution in [2.24, 2.45) is 0 Å². The molecule has 0 spiro atoms. The van der Waals surface area contributed by atoms with Crippen molar-refractivity contribution >= 4 is 17.3 Å². The van der Waals surface area contributed by atoms with Crippen LogP contribution < -0.4 is 0 Å². The zero-order valence-corrected chi connectivity index (χ0v) is 10.3. The van der Waals surface area contributed by atoms with Gasteiger partial charge in [-0.15, -0.1) is 5.10 Å². The quantitative estimate of drug-likeness (QED) is 0.482. The number of rotatable bonds is 4. The van der Waals surface area contributed by atoms with Gasteiger partial charge in [-0.05, 0) is 12.5 Å². The van der Waals surface area contributed by atoms with Crippen molar-refractivity contribution in [2.45, 2.75) is 19.9 Å². The normalized spacial score (nSPS) is 10.6. The maximum Gasteiger partial charge on any atom is 0.297 e. The summed E-state index contributed by atoms with van der Waals surface area (Å²) in [6, 6.07) is 2.71. The Bertz CT molecular complexity index is 583. The summed E-state index contributed by atoms with van der Waals surface area (Å²) in [5.74, 6) is 0. The van der Waals surface area contributed by atoms with Gasteiger partial charge in [-0.25, -0.2) is 9.67 Å². The molecule has 2 heterocycles. The van der Waals surface area contributed by atoms with E-state index in [9.17, 15) is 10.1 Å². The largest absolute Gasteiger partial charge is 0.297 e. The molecule has 18 heavy (non-hydrogen) atoms. The van der Waals surface area contributed by atoms with Gasteiger partial charge >= 0.3 is 0 Å². The fourth-order valence-corrected chi connectivity index (χ4v) is 1.73. The first-order valence-corrected chi connectivity index (χ1v) is 5.71. The number of nitrogens with zero attached hydrogens (tertiary/aromatic N) is 5. The van der Waals surface area contributed by atoms with Gasteiger partial charge in [0.05, 0.1) is 11.1 Å². The van der Waals surface area contributed by atoms with Crippen LogP contribution in [0.15, 0.2) is 18.3 Å². The standard InChI is InChI=1S/C10H10ClN5O2/c1-2-5-15-8(6-12-14-15)10-7(16(17)18)3-4-9(11)13-10/h3-4,6H,2,5H2,1H3. The second-order valence-corrected chi connectivity index (χ2v) is 3.99. The number of halogens is 1. The third-order valence-corrected chi connectivity index (χ3v) is 2.54. The van der Waals surface area contributed by atoms with Gasteiger partial charge in [-0.2, -0.15) is 0 Å². The van der Waals surface area contributed by atoms with Crippen LogP contribution in [0.4, 0.5) is 5.69 Å². The lowest BCUT2D eigenvalue weighted by atomic mass is 10.2. The van der Waals surface area contributed by atoms with Gasteiger partial charge < -0.3 is 0 Å². The molecule has 2 aromatic heterocycles. The van der Waals surface area contributed by atoms with E-state index in [4.69, 9.17) is 11.6 Å². The Balaban J connectivity index is 2.58. The van der Waals surface area contributed by atoms with E-state index in [-0.39, 0.29) is 16.5 Å². The van der Waals surface area contributed by atoms with Gasteiger partial charge in [0, 0.05) is 12.6 Å². The average Bonchev–Trinajstić information content (AvgIpc) is 2.77. The highest BCUT2D eigenvalue weighted by Gasteiger charge is 2.21. The van der Waals surface area contributed by atoms with Crippen LogP contribution in [0.3, 0.4) is 0 Å². The van der Waals surface area contributed by atoms with Crippen molar-refractivity contribution in [3.8, 4) is 11.4 Å². The molecular weight excluding hydrogens is 258 g/mol. The second-order valence-electron chi connectivity index (χ2n) is 3.60. The second kappa shape index (κ2) is 5.09. The first kappa shape index (κ1) is 12.4. The van der Waals surface area contributed by atoms with E-state index in [1.165, 1.54) is 18.3 Å². The van der Waals surface area contributed by atoms with Crippen molar-refractivity contribution in [1.29, 1.82) is 0 Å². The fraction of sp³-hybridized carbons (Fsp3) is 0.300. The van der Waals surface area contributed by atoms with Crippen LogP contribution in [0.1, 0.15) is 13.3 Å². The van der Waals surface area contributed by atoms with Crippen LogP contribution in [0.5, 0.6) is 0 Å². The molecule has 0 unspecified atom stereocenters. The lowest BCUT2D eigenvalue weighted by molar-refractivity contribution is -0.384. The predicted octanol–water partition coefficient (Wildman–Crippen LogP) is 2.31. The number of pyridine rings is 1. The highest BCUT2D eigenvalue weighted by molar-refractivity contribution is 6.29. The topological polar surface area (TPSA) is 86.7 Å². The lowest BCUT2D eigenvalue weighted by Crippen LogP contribution is -2.04. The molecule has 94 valence electrons. The summed E-state index contributed by atoms with van der Waals surface area (Å²) in [5, 5.41) is 18.8. The van der Waals surface area contributed by atoms with Crippen LogP contribution in [-0.4, -0.2) is 24.9 Å². The molecule has 0 aliphatic rings. The number of aromatic nitrogens is 4. The van der Waals surface area contributed by atoms with E-state index < -0.39 is 4.92 Å². The van der Waals surface area contributed by atoms with E-state index in [2.05, 4.69) is 15.3 Å². The molecule has 0 fully saturated rings.